The summed E-state index contributed by atoms with van der Waals surface area (Å²) < 4.78 is 5.91. The van der Waals surface area contributed by atoms with Gasteiger partial charge in [0, 0.05) is 37.2 Å². The highest BCUT2D eigenvalue weighted by Gasteiger charge is 2.30. The fourth-order valence-electron chi connectivity index (χ4n) is 3.65. The van der Waals surface area contributed by atoms with Crippen molar-refractivity contribution in [3.63, 3.8) is 0 Å². The van der Waals surface area contributed by atoms with E-state index in [1.54, 1.807) is 0 Å². The SMILES string of the molecule is NC1c2ccccc2OCC1CN1CCc2ccccc2C1. The van der Waals surface area contributed by atoms with E-state index >= 15 is 0 Å². The third-order valence-electron chi connectivity index (χ3n) is 4.94. The molecule has 2 atom stereocenters. The smallest absolute Gasteiger partial charge is 0.124 e. The van der Waals surface area contributed by atoms with E-state index in [-0.39, 0.29) is 6.04 Å². The van der Waals surface area contributed by atoms with Crippen molar-refractivity contribution in [2.75, 3.05) is 19.7 Å². The molecular formula is C19H22N2O. The summed E-state index contributed by atoms with van der Waals surface area (Å²) in [5.41, 5.74) is 10.6. The number of para-hydroxylation sites is 1. The molecule has 2 aromatic carbocycles. The first-order valence-corrected chi connectivity index (χ1v) is 8.08. The number of benzene rings is 2. The van der Waals surface area contributed by atoms with Crippen molar-refractivity contribution >= 4 is 0 Å². The van der Waals surface area contributed by atoms with Gasteiger partial charge in [0.2, 0.25) is 0 Å². The summed E-state index contributed by atoms with van der Waals surface area (Å²) >= 11 is 0. The number of hydrogen-bond acceptors (Lipinski definition) is 3. The Morgan fingerprint density at radius 2 is 1.82 bits per heavy atom. The maximum atomic E-state index is 6.50. The summed E-state index contributed by atoms with van der Waals surface area (Å²) in [5.74, 6) is 1.32. The highest BCUT2D eigenvalue weighted by atomic mass is 16.5. The minimum Gasteiger partial charge on any atom is -0.493 e. The van der Waals surface area contributed by atoms with Gasteiger partial charge in [-0.1, -0.05) is 42.5 Å². The van der Waals surface area contributed by atoms with Crippen molar-refractivity contribution in [2.45, 2.75) is 19.0 Å². The normalized spacial score (nSPS) is 24.2. The van der Waals surface area contributed by atoms with Gasteiger partial charge >= 0.3 is 0 Å². The molecule has 0 saturated heterocycles. The van der Waals surface area contributed by atoms with Gasteiger partial charge in [-0.3, -0.25) is 4.90 Å². The zero-order chi connectivity index (χ0) is 14.9. The van der Waals surface area contributed by atoms with Crippen LogP contribution >= 0.6 is 0 Å². The molecule has 2 aliphatic heterocycles. The van der Waals surface area contributed by atoms with Gasteiger partial charge in [0.1, 0.15) is 5.75 Å². The molecule has 0 amide bonds. The van der Waals surface area contributed by atoms with E-state index < -0.39 is 0 Å². The predicted octanol–water partition coefficient (Wildman–Crippen LogP) is 2.75. The lowest BCUT2D eigenvalue weighted by Gasteiger charge is -2.36. The summed E-state index contributed by atoms with van der Waals surface area (Å²) in [6, 6.07) is 17.0. The molecule has 0 saturated carbocycles. The van der Waals surface area contributed by atoms with Crippen LogP contribution < -0.4 is 10.5 Å². The minimum atomic E-state index is 0.0714. The fraction of sp³-hybridized carbons (Fsp3) is 0.368. The van der Waals surface area contributed by atoms with Crippen LogP contribution in [0.4, 0.5) is 0 Å². The maximum Gasteiger partial charge on any atom is 0.124 e. The molecule has 2 N–H and O–H groups in total. The van der Waals surface area contributed by atoms with Crippen molar-refractivity contribution in [1.29, 1.82) is 0 Å². The minimum absolute atomic E-state index is 0.0714. The zero-order valence-corrected chi connectivity index (χ0v) is 12.7. The molecule has 0 fully saturated rings. The summed E-state index contributed by atoms with van der Waals surface area (Å²) in [4.78, 5) is 2.52. The van der Waals surface area contributed by atoms with Crippen LogP contribution in [0.25, 0.3) is 0 Å². The van der Waals surface area contributed by atoms with Crippen molar-refractivity contribution < 1.29 is 4.74 Å². The van der Waals surface area contributed by atoms with Gasteiger partial charge < -0.3 is 10.5 Å². The largest absolute Gasteiger partial charge is 0.493 e. The lowest BCUT2D eigenvalue weighted by Crippen LogP contribution is -2.42. The molecule has 0 aromatic heterocycles. The molecule has 2 aromatic rings. The Kier molecular flexibility index (Phi) is 3.60. The Bertz CT molecular complexity index is 670. The van der Waals surface area contributed by atoms with Crippen molar-refractivity contribution in [3.05, 3.63) is 65.2 Å². The molecule has 2 unspecified atom stereocenters. The molecule has 22 heavy (non-hydrogen) atoms. The van der Waals surface area contributed by atoms with Gasteiger partial charge in [-0.25, -0.2) is 0 Å². The van der Waals surface area contributed by atoms with Gasteiger partial charge in [0.05, 0.1) is 6.61 Å². The predicted molar refractivity (Wildman–Crippen MR) is 87.8 cm³/mol. The topological polar surface area (TPSA) is 38.5 Å². The lowest BCUT2D eigenvalue weighted by atomic mass is 9.90. The number of ether oxygens (including phenoxy) is 1. The monoisotopic (exact) mass is 294 g/mol. The molecule has 114 valence electrons. The second-order valence-electron chi connectivity index (χ2n) is 6.39. The summed E-state index contributed by atoms with van der Waals surface area (Å²) in [6.07, 6.45) is 1.13. The van der Waals surface area contributed by atoms with Crippen LogP contribution in [0.5, 0.6) is 5.75 Å². The van der Waals surface area contributed by atoms with Gasteiger partial charge in [0.15, 0.2) is 0 Å². The molecule has 0 bridgehead atoms. The first-order chi connectivity index (χ1) is 10.8. The number of nitrogens with two attached hydrogens (primary N) is 1. The molecule has 2 aliphatic rings. The Balaban J connectivity index is 1.47. The van der Waals surface area contributed by atoms with E-state index in [2.05, 4.69) is 35.2 Å². The van der Waals surface area contributed by atoms with Crippen molar-refractivity contribution in [1.82, 2.24) is 4.90 Å². The van der Waals surface area contributed by atoms with Crippen LogP contribution in [0, 0.1) is 5.92 Å². The van der Waals surface area contributed by atoms with E-state index in [1.165, 1.54) is 11.1 Å². The van der Waals surface area contributed by atoms with E-state index in [0.29, 0.717) is 5.92 Å². The van der Waals surface area contributed by atoms with Crippen LogP contribution in [0.3, 0.4) is 0 Å². The molecule has 3 nitrogen and oxygen atoms in total. The molecule has 0 radical (unpaired) electrons. The number of rotatable bonds is 2. The van der Waals surface area contributed by atoms with Gasteiger partial charge in [-0.05, 0) is 23.6 Å². The molecule has 3 heteroatoms. The van der Waals surface area contributed by atoms with E-state index in [9.17, 15) is 0 Å². The number of hydrogen-bond donors (Lipinski definition) is 1. The first kappa shape index (κ1) is 13.8. The van der Waals surface area contributed by atoms with Gasteiger partial charge in [0.25, 0.3) is 0 Å². The average Bonchev–Trinajstić information content (AvgIpc) is 2.57. The average molecular weight is 294 g/mol. The van der Waals surface area contributed by atoms with Crippen molar-refractivity contribution in [2.24, 2.45) is 11.7 Å². The van der Waals surface area contributed by atoms with Crippen LogP contribution in [0.2, 0.25) is 0 Å². The molecular weight excluding hydrogens is 272 g/mol. The molecule has 0 aliphatic carbocycles. The Morgan fingerprint density at radius 1 is 1.05 bits per heavy atom. The summed E-state index contributed by atoms with van der Waals surface area (Å²) in [5, 5.41) is 0. The second-order valence-corrected chi connectivity index (χ2v) is 6.39. The molecule has 4 rings (SSSR count). The van der Waals surface area contributed by atoms with Crippen molar-refractivity contribution in [3.8, 4) is 5.75 Å². The highest BCUT2D eigenvalue weighted by molar-refractivity contribution is 5.38. The zero-order valence-electron chi connectivity index (χ0n) is 12.7. The van der Waals surface area contributed by atoms with E-state index in [0.717, 1.165) is 44.0 Å². The second kappa shape index (κ2) is 5.75. The van der Waals surface area contributed by atoms with Gasteiger partial charge in [-0.2, -0.15) is 0 Å². The van der Waals surface area contributed by atoms with E-state index in [4.69, 9.17) is 10.5 Å². The highest BCUT2D eigenvalue weighted by Crippen LogP contribution is 2.34. The summed E-state index contributed by atoms with van der Waals surface area (Å²) in [6.45, 7) is 3.86. The Morgan fingerprint density at radius 3 is 2.73 bits per heavy atom. The standard InChI is InChI=1S/C19H22N2O/c20-19-16(13-22-18-8-4-3-7-17(18)19)12-21-10-9-14-5-1-2-6-15(14)11-21/h1-8,16,19H,9-13,20H2. The van der Waals surface area contributed by atoms with Crippen LogP contribution in [0.15, 0.2) is 48.5 Å². The fourth-order valence-corrected chi connectivity index (χ4v) is 3.65. The quantitative estimate of drug-likeness (QED) is 0.925. The number of nitrogens with zero attached hydrogens (tertiary/aromatic N) is 1. The molecule has 2 heterocycles. The maximum absolute atomic E-state index is 6.50. The third-order valence-corrected chi connectivity index (χ3v) is 4.94. The Hall–Kier alpha value is -1.84. The number of fused-ring (bicyclic) bond motifs is 2. The third kappa shape index (κ3) is 2.51. The van der Waals surface area contributed by atoms with E-state index in [1.807, 2.05) is 18.2 Å². The lowest BCUT2D eigenvalue weighted by molar-refractivity contribution is 0.131. The Labute approximate surface area is 131 Å². The first-order valence-electron chi connectivity index (χ1n) is 8.08. The van der Waals surface area contributed by atoms with Crippen LogP contribution in [-0.4, -0.2) is 24.6 Å². The van der Waals surface area contributed by atoms with Crippen LogP contribution in [0.1, 0.15) is 22.7 Å². The van der Waals surface area contributed by atoms with Crippen LogP contribution in [-0.2, 0) is 13.0 Å². The molecule has 0 spiro atoms. The van der Waals surface area contributed by atoms with Gasteiger partial charge in [-0.15, -0.1) is 0 Å². The summed E-state index contributed by atoms with van der Waals surface area (Å²) in [7, 11) is 0.